The van der Waals surface area contributed by atoms with Crippen molar-refractivity contribution in [3.63, 3.8) is 0 Å². The van der Waals surface area contributed by atoms with Gasteiger partial charge in [-0.05, 0) is 18.8 Å². The van der Waals surface area contributed by atoms with Crippen molar-refractivity contribution in [1.82, 2.24) is 10.6 Å². The molecular weight excluding hydrogens is 369 g/mol. The van der Waals surface area contributed by atoms with Gasteiger partial charge < -0.3 is 20.1 Å². The number of ether oxygens (including phenoxy) is 2. The first kappa shape index (κ1) is 19.9. The fourth-order valence-corrected chi connectivity index (χ4v) is 1.87. The molecule has 5 nitrogen and oxygen atoms in total. The first-order chi connectivity index (χ1) is 9.22. The van der Waals surface area contributed by atoms with E-state index in [0.717, 1.165) is 58.3 Å². The van der Waals surface area contributed by atoms with Crippen molar-refractivity contribution >= 4 is 29.9 Å². The minimum absolute atomic E-state index is 0. The molecule has 0 aromatic rings. The van der Waals surface area contributed by atoms with Crippen LogP contribution >= 0.6 is 24.0 Å². The summed E-state index contributed by atoms with van der Waals surface area (Å²) in [5, 5.41) is 6.57. The molecule has 0 aliphatic carbocycles. The Bertz CT molecular complexity index is 257. The van der Waals surface area contributed by atoms with Crippen LogP contribution in [-0.2, 0) is 9.47 Å². The summed E-state index contributed by atoms with van der Waals surface area (Å²) in [5.41, 5.74) is 0. The number of aliphatic imine (C=N–C) groups is 1. The quantitative estimate of drug-likeness (QED) is 0.283. The van der Waals surface area contributed by atoms with Gasteiger partial charge in [0.1, 0.15) is 0 Å². The number of nitrogens with zero attached hydrogens (tertiary/aromatic N) is 1. The summed E-state index contributed by atoms with van der Waals surface area (Å²) in [6, 6.07) is 0. The Kier molecular flexibility index (Phi) is 12.6. The third-order valence-corrected chi connectivity index (χ3v) is 3.04. The third kappa shape index (κ3) is 9.77. The molecule has 1 heterocycles. The van der Waals surface area contributed by atoms with Crippen molar-refractivity contribution in [2.45, 2.75) is 26.7 Å². The van der Waals surface area contributed by atoms with E-state index in [0.29, 0.717) is 11.8 Å². The number of halogens is 1. The second kappa shape index (κ2) is 12.6. The molecule has 2 N–H and O–H groups in total. The second-order valence-electron chi connectivity index (χ2n) is 5.43. The highest BCUT2D eigenvalue weighted by molar-refractivity contribution is 14.0. The van der Waals surface area contributed by atoms with E-state index in [9.17, 15) is 0 Å². The van der Waals surface area contributed by atoms with Gasteiger partial charge in [-0.25, -0.2) is 0 Å². The summed E-state index contributed by atoms with van der Waals surface area (Å²) in [6.45, 7) is 9.58. The van der Waals surface area contributed by atoms with Crippen LogP contribution in [0.2, 0.25) is 0 Å². The fourth-order valence-electron chi connectivity index (χ4n) is 1.87. The second-order valence-corrected chi connectivity index (χ2v) is 5.43. The van der Waals surface area contributed by atoms with Crippen LogP contribution in [0.3, 0.4) is 0 Å². The number of rotatable bonds is 8. The summed E-state index contributed by atoms with van der Waals surface area (Å²) in [7, 11) is 1.80. The largest absolute Gasteiger partial charge is 0.381 e. The Labute approximate surface area is 140 Å². The lowest BCUT2D eigenvalue weighted by Gasteiger charge is -2.13. The van der Waals surface area contributed by atoms with Gasteiger partial charge in [-0.2, -0.15) is 0 Å². The molecule has 0 bridgehead atoms. The molecule has 0 amide bonds. The van der Waals surface area contributed by atoms with E-state index in [4.69, 9.17) is 9.47 Å². The topological polar surface area (TPSA) is 54.9 Å². The molecule has 1 rings (SSSR count). The Morgan fingerprint density at radius 1 is 1.40 bits per heavy atom. The zero-order valence-corrected chi connectivity index (χ0v) is 15.3. The molecule has 1 fully saturated rings. The van der Waals surface area contributed by atoms with Gasteiger partial charge in [-0.15, -0.1) is 24.0 Å². The molecular formula is C14H30IN3O2. The zero-order chi connectivity index (χ0) is 13.9. The minimum atomic E-state index is 0. The highest BCUT2D eigenvalue weighted by Gasteiger charge is 2.15. The highest BCUT2D eigenvalue weighted by atomic mass is 127. The van der Waals surface area contributed by atoms with Crippen molar-refractivity contribution in [3.05, 3.63) is 0 Å². The van der Waals surface area contributed by atoms with Crippen LogP contribution in [0.15, 0.2) is 4.99 Å². The molecule has 0 aromatic heterocycles. The Morgan fingerprint density at radius 3 is 2.80 bits per heavy atom. The van der Waals surface area contributed by atoms with Gasteiger partial charge in [0.05, 0.1) is 13.2 Å². The smallest absolute Gasteiger partial charge is 0.190 e. The first-order valence-corrected chi connectivity index (χ1v) is 7.32. The average molecular weight is 399 g/mol. The maximum atomic E-state index is 5.65. The van der Waals surface area contributed by atoms with Gasteiger partial charge in [0.2, 0.25) is 0 Å². The monoisotopic (exact) mass is 399 g/mol. The van der Waals surface area contributed by atoms with Gasteiger partial charge in [0.25, 0.3) is 0 Å². The molecule has 1 aliphatic heterocycles. The van der Waals surface area contributed by atoms with Crippen molar-refractivity contribution < 1.29 is 9.47 Å². The molecule has 6 heteroatoms. The van der Waals surface area contributed by atoms with Gasteiger partial charge in [0, 0.05) is 39.3 Å². The number of nitrogens with one attached hydrogen (secondary N) is 2. The van der Waals surface area contributed by atoms with E-state index in [1.807, 2.05) is 0 Å². The minimum Gasteiger partial charge on any atom is -0.381 e. The van der Waals surface area contributed by atoms with Crippen molar-refractivity contribution in [2.24, 2.45) is 16.8 Å². The number of hydrogen-bond donors (Lipinski definition) is 2. The van der Waals surface area contributed by atoms with Crippen LogP contribution in [0.4, 0.5) is 0 Å². The van der Waals surface area contributed by atoms with Crippen LogP contribution in [0.25, 0.3) is 0 Å². The average Bonchev–Trinajstić information content (AvgIpc) is 2.90. The van der Waals surface area contributed by atoms with Crippen molar-refractivity contribution in [2.75, 3.05) is 46.6 Å². The van der Waals surface area contributed by atoms with Crippen LogP contribution in [-0.4, -0.2) is 52.5 Å². The molecule has 1 saturated heterocycles. The normalized spacial score (nSPS) is 19.0. The summed E-state index contributed by atoms with van der Waals surface area (Å²) in [6.07, 6.45) is 2.14. The summed E-state index contributed by atoms with van der Waals surface area (Å²) < 4.78 is 11.0. The highest BCUT2D eigenvalue weighted by Crippen LogP contribution is 2.12. The summed E-state index contributed by atoms with van der Waals surface area (Å²) in [4.78, 5) is 4.18. The predicted molar refractivity (Wildman–Crippen MR) is 94.0 cm³/mol. The van der Waals surface area contributed by atoms with Crippen molar-refractivity contribution in [3.8, 4) is 0 Å². The van der Waals surface area contributed by atoms with Crippen LogP contribution in [0.5, 0.6) is 0 Å². The van der Waals surface area contributed by atoms with E-state index in [1.54, 1.807) is 7.05 Å². The lowest BCUT2D eigenvalue weighted by atomic mass is 10.1. The molecule has 1 aliphatic rings. The van der Waals surface area contributed by atoms with Crippen LogP contribution in [0.1, 0.15) is 26.7 Å². The third-order valence-electron chi connectivity index (χ3n) is 3.04. The van der Waals surface area contributed by atoms with Gasteiger partial charge in [-0.3, -0.25) is 4.99 Å². The molecule has 120 valence electrons. The van der Waals surface area contributed by atoms with E-state index >= 15 is 0 Å². The van der Waals surface area contributed by atoms with Crippen LogP contribution < -0.4 is 10.6 Å². The van der Waals surface area contributed by atoms with E-state index < -0.39 is 0 Å². The number of guanidine groups is 1. The Morgan fingerprint density at radius 2 is 2.20 bits per heavy atom. The lowest BCUT2D eigenvalue weighted by molar-refractivity contribution is 0.0888. The molecule has 0 aromatic carbocycles. The van der Waals surface area contributed by atoms with Crippen molar-refractivity contribution in [1.29, 1.82) is 0 Å². The number of hydrogen-bond acceptors (Lipinski definition) is 3. The molecule has 1 atom stereocenters. The fraction of sp³-hybridized carbons (Fsp3) is 0.929. The standard InChI is InChI=1S/C14H29N3O2.HI/c1-12(2)9-17-14(15-3)16-6-4-7-18-10-13-5-8-19-11-13;/h12-13H,4-11H2,1-3H3,(H2,15,16,17);1H. The maximum Gasteiger partial charge on any atom is 0.190 e. The van der Waals surface area contributed by atoms with E-state index in [-0.39, 0.29) is 24.0 Å². The Hall–Kier alpha value is -0.0800. The van der Waals surface area contributed by atoms with E-state index in [2.05, 4.69) is 29.5 Å². The summed E-state index contributed by atoms with van der Waals surface area (Å²) >= 11 is 0. The predicted octanol–water partition coefficient (Wildman–Crippen LogP) is 1.87. The SMILES string of the molecule is CN=C(NCCCOCC1CCOC1)NCC(C)C.I. The maximum absolute atomic E-state index is 5.65. The summed E-state index contributed by atoms with van der Waals surface area (Å²) in [5.74, 6) is 2.10. The van der Waals surface area contributed by atoms with Crippen LogP contribution in [0, 0.1) is 11.8 Å². The van der Waals surface area contributed by atoms with Gasteiger partial charge >= 0.3 is 0 Å². The lowest BCUT2D eigenvalue weighted by Crippen LogP contribution is -2.39. The van der Waals surface area contributed by atoms with Gasteiger partial charge in [-0.1, -0.05) is 13.8 Å². The molecule has 0 saturated carbocycles. The molecule has 0 spiro atoms. The molecule has 20 heavy (non-hydrogen) atoms. The molecule has 0 radical (unpaired) electrons. The zero-order valence-electron chi connectivity index (χ0n) is 13.0. The van der Waals surface area contributed by atoms with Gasteiger partial charge in [0.15, 0.2) is 5.96 Å². The molecule has 1 unspecified atom stereocenters. The first-order valence-electron chi connectivity index (χ1n) is 7.32. The van der Waals surface area contributed by atoms with E-state index in [1.165, 1.54) is 0 Å². The Balaban J connectivity index is 0.00000361.